The van der Waals surface area contributed by atoms with E-state index in [4.69, 9.17) is 14.2 Å². The summed E-state index contributed by atoms with van der Waals surface area (Å²) < 4.78 is 14.8. The Hall–Kier alpha value is -1.74. The lowest BCUT2D eigenvalue weighted by Gasteiger charge is -2.32. The first kappa shape index (κ1) is 33.8. The molecular weight excluding hydrogens is 861 g/mol. The van der Waals surface area contributed by atoms with Crippen LogP contribution in [0.5, 0.6) is 17.2 Å². The van der Waals surface area contributed by atoms with Gasteiger partial charge in [0.05, 0.1) is 0 Å². The minimum atomic E-state index is -0.652. The Morgan fingerprint density at radius 1 is 0.439 bits per heavy atom. The van der Waals surface area contributed by atoms with Gasteiger partial charge in [-0.3, -0.25) is 14.4 Å². The maximum atomic E-state index is 12.4. The molecule has 0 spiro atoms. The molecule has 41 heavy (non-hydrogen) atoms. The molecule has 0 saturated carbocycles. The highest BCUT2D eigenvalue weighted by molar-refractivity contribution is 14.1. The summed E-state index contributed by atoms with van der Waals surface area (Å²) >= 11 is 6.16. The second-order valence-electron chi connectivity index (χ2n) is 11.3. The Kier molecular flexibility index (Phi) is 10.6. The van der Waals surface area contributed by atoms with E-state index in [0.717, 1.165) is 16.7 Å². The Morgan fingerprint density at radius 2 is 0.634 bits per heavy atom. The number of esters is 3. The van der Waals surface area contributed by atoms with E-state index in [1.165, 1.54) is 0 Å². The van der Waals surface area contributed by atoms with Gasteiger partial charge in [-0.05, 0) is 102 Å². The summed E-state index contributed by atoms with van der Waals surface area (Å²) in [7, 11) is 0. The average Bonchev–Trinajstić information content (AvgIpc) is 2.88. The van der Waals surface area contributed by atoms with E-state index >= 15 is 0 Å². The van der Waals surface area contributed by atoms with Gasteiger partial charge in [0.15, 0.2) is 0 Å². The molecule has 0 aliphatic heterocycles. The van der Waals surface area contributed by atoms with Gasteiger partial charge in [0.25, 0.3) is 0 Å². The molecule has 0 atom stereocenters. The van der Waals surface area contributed by atoms with E-state index in [1.54, 1.807) is 77.9 Å². The first-order valence-electron chi connectivity index (χ1n) is 12.9. The number of halogens is 3. The fraction of sp³-hybridized carbons (Fsp3) is 0.344. The van der Waals surface area contributed by atoms with Crippen molar-refractivity contribution in [1.29, 1.82) is 0 Å². The third-order valence-electron chi connectivity index (χ3n) is 6.38. The van der Waals surface area contributed by atoms with Crippen molar-refractivity contribution in [3.05, 3.63) is 89.5 Å². The molecule has 0 saturated heterocycles. The van der Waals surface area contributed by atoms with Gasteiger partial charge in [0.2, 0.25) is 0 Å². The molecule has 0 aliphatic rings. The number of carbonyl (C=O) groups excluding carboxylic acids is 3. The highest BCUT2D eigenvalue weighted by Gasteiger charge is 2.33. The third-order valence-corrected chi connectivity index (χ3v) is 7.70. The van der Waals surface area contributed by atoms with Crippen LogP contribution in [0.1, 0.15) is 65.2 Å². The van der Waals surface area contributed by atoms with E-state index in [1.807, 2.05) is 36.4 Å². The first-order chi connectivity index (χ1) is 18.8. The molecule has 0 aromatic heterocycles. The van der Waals surface area contributed by atoms with E-state index in [0.29, 0.717) is 17.2 Å². The number of hydrogen-bond acceptors (Lipinski definition) is 6. The van der Waals surface area contributed by atoms with Crippen molar-refractivity contribution in [3.63, 3.8) is 0 Å². The maximum absolute atomic E-state index is 12.4. The number of alkyl halides is 3. The Morgan fingerprint density at radius 3 is 0.805 bits per heavy atom. The Balaban J connectivity index is 2.02. The smallest absolute Gasteiger partial charge is 0.326 e. The average molecular weight is 894 g/mol. The van der Waals surface area contributed by atoms with Gasteiger partial charge in [-0.15, -0.1) is 0 Å². The Labute approximate surface area is 282 Å². The molecule has 3 rings (SSSR count). The molecule has 218 valence electrons. The second-order valence-corrected chi connectivity index (χ2v) is 19.4. The molecule has 0 radical (unpaired) electrons. The third kappa shape index (κ3) is 8.65. The summed E-state index contributed by atoms with van der Waals surface area (Å²) in [6.07, 6.45) is 0. The van der Waals surface area contributed by atoms with Gasteiger partial charge in [-0.2, -0.15) is 0 Å². The van der Waals surface area contributed by atoms with Crippen molar-refractivity contribution in [2.75, 3.05) is 0 Å². The van der Waals surface area contributed by atoms with Crippen molar-refractivity contribution < 1.29 is 28.6 Å². The van der Waals surface area contributed by atoms with Crippen molar-refractivity contribution in [2.24, 2.45) is 0 Å². The molecule has 0 bridgehead atoms. The molecular formula is C32H33I3O6. The van der Waals surface area contributed by atoms with Crippen molar-refractivity contribution in [1.82, 2.24) is 0 Å². The zero-order valence-electron chi connectivity index (χ0n) is 24.0. The molecule has 9 heteroatoms. The summed E-state index contributed by atoms with van der Waals surface area (Å²) in [5.74, 6) is 0.393. The minimum Gasteiger partial charge on any atom is -0.426 e. The maximum Gasteiger partial charge on any atom is 0.326 e. The van der Waals surface area contributed by atoms with E-state index < -0.39 is 15.7 Å². The fourth-order valence-electron chi connectivity index (χ4n) is 3.75. The number of benzene rings is 3. The summed E-state index contributed by atoms with van der Waals surface area (Å²) in [4.78, 5) is 37.2. The summed E-state index contributed by atoms with van der Waals surface area (Å²) in [5.41, 5.74) is 2.19. The predicted molar refractivity (Wildman–Crippen MR) is 186 cm³/mol. The zero-order chi connectivity index (χ0) is 30.8. The predicted octanol–water partition coefficient (Wildman–Crippen LogP) is 8.40. The van der Waals surface area contributed by atoms with Crippen molar-refractivity contribution >= 4 is 85.7 Å². The molecule has 0 amide bonds. The van der Waals surface area contributed by atoms with Crippen molar-refractivity contribution in [2.45, 2.75) is 64.1 Å². The quantitative estimate of drug-likeness (QED) is 0.0707. The lowest BCUT2D eigenvalue weighted by atomic mass is 9.71. The molecule has 0 unspecified atom stereocenters. The van der Waals surface area contributed by atoms with Gasteiger partial charge in [-0.1, -0.05) is 104 Å². The van der Waals surface area contributed by atoms with Crippen LogP contribution in [-0.2, 0) is 19.8 Å². The standard InChI is InChI=1S/C32H33I3O6/c1-29(2,33)26(36)39-23-14-8-20(9-15-23)32(7,21-10-16-24(17-11-21)40-27(37)30(3,4)34)22-12-18-25(19-13-22)41-28(38)31(5,6)35/h8-19H,1-7H3. The minimum absolute atomic E-state index is 0.326. The highest BCUT2D eigenvalue weighted by Crippen LogP contribution is 2.41. The van der Waals surface area contributed by atoms with Gasteiger partial charge in [0.1, 0.15) is 27.5 Å². The van der Waals surface area contributed by atoms with E-state index in [9.17, 15) is 14.4 Å². The van der Waals surface area contributed by atoms with Crippen LogP contribution in [0.2, 0.25) is 0 Å². The summed E-state index contributed by atoms with van der Waals surface area (Å²) in [6.45, 7) is 12.9. The van der Waals surface area contributed by atoms with Crippen LogP contribution < -0.4 is 14.2 Å². The van der Waals surface area contributed by atoms with Gasteiger partial charge in [0, 0.05) is 5.41 Å². The molecule has 0 aliphatic carbocycles. The van der Waals surface area contributed by atoms with Gasteiger partial charge < -0.3 is 14.2 Å². The van der Waals surface area contributed by atoms with Gasteiger partial charge in [-0.25, -0.2) is 0 Å². The fourth-order valence-corrected chi connectivity index (χ4v) is 4.08. The van der Waals surface area contributed by atoms with Crippen LogP contribution in [-0.4, -0.2) is 28.2 Å². The first-order valence-corrected chi connectivity index (χ1v) is 16.1. The van der Waals surface area contributed by atoms with Gasteiger partial charge >= 0.3 is 17.9 Å². The SMILES string of the molecule is CC(C)(I)C(=O)Oc1ccc(C(C)(c2ccc(OC(=O)C(C)(C)I)cc2)c2ccc(OC(=O)C(C)(C)I)cc2)cc1. The highest BCUT2D eigenvalue weighted by atomic mass is 127. The van der Waals surface area contributed by atoms with Crippen LogP contribution in [0.25, 0.3) is 0 Å². The molecule has 0 fully saturated rings. The lowest BCUT2D eigenvalue weighted by Crippen LogP contribution is -2.29. The van der Waals surface area contributed by atoms with Crippen LogP contribution in [0, 0.1) is 0 Å². The second kappa shape index (κ2) is 12.9. The normalized spacial score (nSPS) is 12.4. The monoisotopic (exact) mass is 894 g/mol. The topological polar surface area (TPSA) is 78.9 Å². The van der Waals surface area contributed by atoms with Crippen LogP contribution in [0.3, 0.4) is 0 Å². The van der Waals surface area contributed by atoms with E-state index in [2.05, 4.69) is 74.7 Å². The largest absolute Gasteiger partial charge is 0.426 e. The lowest BCUT2D eigenvalue weighted by molar-refractivity contribution is -0.136. The van der Waals surface area contributed by atoms with E-state index in [-0.39, 0.29) is 17.9 Å². The number of hydrogen-bond donors (Lipinski definition) is 0. The van der Waals surface area contributed by atoms with Crippen LogP contribution in [0.4, 0.5) is 0 Å². The molecule has 3 aromatic carbocycles. The van der Waals surface area contributed by atoms with Crippen LogP contribution in [0.15, 0.2) is 72.8 Å². The molecule has 3 aromatic rings. The Bertz CT molecular complexity index is 1220. The van der Waals surface area contributed by atoms with Crippen LogP contribution >= 0.6 is 67.8 Å². The van der Waals surface area contributed by atoms with Crippen molar-refractivity contribution in [3.8, 4) is 17.2 Å². The summed E-state index contributed by atoms with van der Waals surface area (Å²) in [5, 5.41) is 0. The summed E-state index contributed by atoms with van der Waals surface area (Å²) in [6, 6.07) is 22.3. The molecule has 6 nitrogen and oxygen atoms in total. The zero-order valence-corrected chi connectivity index (χ0v) is 30.5. The molecule has 0 N–H and O–H groups in total. The number of ether oxygens (including phenoxy) is 3. The number of rotatable bonds is 9. The molecule has 0 heterocycles. The number of carbonyl (C=O) groups is 3.